The van der Waals surface area contributed by atoms with Crippen LogP contribution in [0.1, 0.15) is 20.9 Å². The zero-order valence-corrected chi connectivity index (χ0v) is 10.6. The summed E-state index contributed by atoms with van der Waals surface area (Å²) in [7, 11) is 0. The fourth-order valence-corrected chi connectivity index (χ4v) is 1.88. The molecule has 0 N–H and O–H groups in total. The Morgan fingerprint density at radius 3 is 2.06 bits per heavy atom. The maximum atomic E-state index is 11.8. The van der Waals surface area contributed by atoms with Gasteiger partial charge in [0.25, 0.3) is 0 Å². The zero-order valence-electron chi connectivity index (χ0n) is 9.05. The maximum Gasteiger partial charge on any atom is 0.339 e. The van der Waals surface area contributed by atoms with Crippen LogP contribution in [-0.4, -0.2) is 5.97 Å². The van der Waals surface area contributed by atoms with Crippen LogP contribution < -0.4 is 0 Å². The molecule has 0 aliphatic heterocycles. The third kappa shape index (κ3) is 3.17. The van der Waals surface area contributed by atoms with Crippen LogP contribution in [0.25, 0.3) is 0 Å². The van der Waals surface area contributed by atoms with Crippen LogP contribution in [0.15, 0.2) is 60.7 Å². The molecule has 0 saturated heterocycles. The summed E-state index contributed by atoms with van der Waals surface area (Å²) in [6.45, 7) is 0. The molecule has 2 rings (SSSR count). The van der Waals surface area contributed by atoms with Crippen molar-refractivity contribution in [3.05, 3.63) is 71.8 Å². The van der Waals surface area contributed by atoms with E-state index < -0.39 is 5.01 Å². The Hall–Kier alpha value is -1.61. The molecule has 1 atom stereocenters. The lowest BCUT2D eigenvalue weighted by Crippen LogP contribution is -2.07. The summed E-state index contributed by atoms with van der Waals surface area (Å²) in [6, 6.07) is 18.5. The first kappa shape index (κ1) is 11.9. The van der Waals surface area contributed by atoms with E-state index in [9.17, 15) is 4.79 Å². The molecule has 0 fully saturated rings. The number of benzene rings is 2. The fraction of sp³-hybridized carbons (Fsp3) is 0.0714. The van der Waals surface area contributed by atoms with Gasteiger partial charge in [0.1, 0.15) is 0 Å². The number of esters is 1. The average Bonchev–Trinajstić information content (AvgIpc) is 2.40. The second kappa shape index (κ2) is 5.64. The van der Waals surface area contributed by atoms with Gasteiger partial charge in [-0.1, -0.05) is 48.5 Å². The lowest BCUT2D eigenvalue weighted by molar-refractivity contribution is 0.0467. The predicted molar refractivity (Wildman–Crippen MR) is 70.0 cm³/mol. The number of carbonyl (C=O) groups is 1. The highest BCUT2D eigenvalue weighted by Gasteiger charge is 2.13. The molecule has 0 spiro atoms. The van der Waals surface area contributed by atoms with Crippen molar-refractivity contribution in [1.29, 1.82) is 0 Å². The minimum Gasteiger partial charge on any atom is -0.442 e. The molecule has 0 aliphatic rings. The number of alkyl halides is 1. The van der Waals surface area contributed by atoms with Crippen LogP contribution in [0.5, 0.6) is 0 Å². The molecule has 2 nitrogen and oxygen atoms in total. The Morgan fingerprint density at radius 1 is 0.941 bits per heavy atom. The number of halogens is 1. The van der Waals surface area contributed by atoms with Crippen molar-refractivity contribution in [2.75, 3.05) is 0 Å². The maximum absolute atomic E-state index is 11.8. The molecule has 1 unspecified atom stereocenters. The zero-order chi connectivity index (χ0) is 12.1. The predicted octanol–water partition coefficient (Wildman–Crippen LogP) is 3.94. The SMILES string of the molecule is O=C(OC(Br)c1ccccc1)c1ccccc1. The summed E-state index contributed by atoms with van der Waals surface area (Å²) < 4.78 is 5.30. The van der Waals surface area contributed by atoms with E-state index in [-0.39, 0.29) is 5.97 Å². The molecule has 0 heterocycles. The van der Waals surface area contributed by atoms with Gasteiger partial charge in [-0.2, -0.15) is 0 Å². The molecule has 17 heavy (non-hydrogen) atoms. The molecule has 2 aromatic carbocycles. The first-order chi connectivity index (χ1) is 8.27. The summed E-state index contributed by atoms with van der Waals surface area (Å²) in [5.74, 6) is -0.337. The van der Waals surface area contributed by atoms with Crippen LogP contribution in [0, 0.1) is 0 Å². The molecule has 0 amide bonds. The van der Waals surface area contributed by atoms with Gasteiger partial charge in [-0.3, -0.25) is 0 Å². The van der Waals surface area contributed by atoms with E-state index >= 15 is 0 Å². The normalized spacial score (nSPS) is 11.8. The highest BCUT2D eigenvalue weighted by atomic mass is 79.9. The van der Waals surface area contributed by atoms with E-state index in [1.54, 1.807) is 12.1 Å². The Morgan fingerprint density at radius 2 is 1.47 bits per heavy atom. The minimum atomic E-state index is -0.420. The molecule has 0 saturated carbocycles. The number of hydrogen-bond acceptors (Lipinski definition) is 2. The first-order valence-electron chi connectivity index (χ1n) is 5.22. The van der Waals surface area contributed by atoms with Gasteiger partial charge < -0.3 is 4.74 Å². The van der Waals surface area contributed by atoms with E-state index in [1.807, 2.05) is 48.5 Å². The summed E-state index contributed by atoms with van der Waals surface area (Å²) in [5, 5.41) is -0.420. The van der Waals surface area contributed by atoms with Crippen molar-refractivity contribution in [2.24, 2.45) is 0 Å². The number of carbonyl (C=O) groups excluding carboxylic acids is 1. The Bertz CT molecular complexity index is 482. The number of hydrogen-bond donors (Lipinski definition) is 0. The Kier molecular flexibility index (Phi) is 3.94. The van der Waals surface area contributed by atoms with Gasteiger partial charge in [0.15, 0.2) is 5.01 Å². The van der Waals surface area contributed by atoms with Gasteiger partial charge >= 0.3 is 5.97 Å². The summed E-state index contributed by atoms with van der Waals surface area (Å²) in [4.78, 5) is 11.8. The summed E-state index contributed by atoms with van der Waals surface area (Å²) in [6.07, 6.45) is 0. The van der Waals surface area contributed by atoms with Crippen molar-refractivity contribution < 1.29 is 9.53 Å². The van der Waals surface area contributed by atoms with E-state index in [4.69, 9.17) is 4.74 Å². The third-order valence-corrected chi connectivity index (χ3v) is 3.00. The molecule has 2 aromatic rings. The highest BCUT2D eigenvalue weighted by molar-refractivity contribution is 9.09. The summed E-state index contributed by atoms with van der Waals surface area (Å²) >= 11 is 3.34. The van der Waals surface area contributed by atoms with Gasteiger partial charge in [-0.05, 0) is 28.1 Å². The minimum absolute atomic E-state index is 0.337. The third-order valence-electron chi connectivity index (χ3n) is 2.28. The largest absolute Gasteiger partial charge is 0.442 e. The van der Waals surface area contributed by atoms with Crippen LogP contribution in [0.4, 0.5) is 0 Å². The lowest BCUT2D eigenvalue weighted by Gasteiger charge is -2.11. The smallest absolute Gasteiger partial charge is 0.339 e. The topological polar surface area (TPSA) is 26.3 Å². The molecule has 3 heteroatoms. The van der Waals surface area contributed by atoms with Gasteiger partial charge in [0.2, 0.25) is 0 Å². The van der Waals surface area contributed by atoms with E-state index in [2.05, 4.69) is 15.9 Å². The second-order valence-corrected chi connectivity index (χ2v) is 4.33. The first-order valence-corrected chi connectivity index (χ1v) is 6.14. The lowest BCUT2D eigenvalue weighted by atomic mass is 10.2. The van der Waals surface area contributed by atoms with Crippen LogP contribution in [0.3, 0.4) is 0 Å². The Balaban J connectivity index is 2.05. The monoisotopic (exact) mass is 290 g/mol. The van der Waals surface area contributed by atoms with Gasteiger partial charge in [-0.25, -0.2) is 4.79 Å². The van der Waals surface area contributed by atoms with Crippen molar-refractivity contribution in [2.45, 2.75) is 5.01 Å². The standard InChI is InChI=1S/C14H11BrO2/c15-13(11-7-3-1-4-8-11)17-14(16)12-9-5-2-6-10-12/h1-10,13H. The second-order valence-electron chi connectivity index (χ2n) is 3.50. The van der Waals surface area contributed by atoms with Crippen LogP contribution in [0.2, 0.25) is 0 Å². The molecule has 0 aromatic heterocycles. The van der Waals surface area contributed by atoms with E-state index in [1.165, 1.54) is 0 Å². The fourth-order valence-electron chi connectivity index (χ4n) is 1.41. The summed E-state index contributed by atoms with van der Waals surface area (Å²) in [5.41, 5.74) is 1.46. The van der Waals surface area contributed by atoms with Crippen molar-refractivity contribution in [3.63, 3.8) is 0 Å². The molecule has 0 radical (unpaired) electrons. The van der Waals surface area contributed by atoms with E-state index in [0.29, 0.717) is 5.56 Å². The molecular weight excluding hydrogens is 280 g/mol. The number of rotatable bonds is 3. The van der Waals surface area contributed by atoms with Crippen LogP contribution >= 0.6 is 15.9 Å². The van der Waals surface area contributed by atoms with Crippen molar-refractivity contribution >= 4 is 21.9 Å². The van der Waals surface area contributed by atoms with Crippen LogP contribution in [-0.2, 0) is 4.74 Å². The van der Waals surface area contributed by atoms with Gasteiger partial charge in [0.05, 0.1) is 5.56 Å². The van der Waals surface area contributed by atoms with E-state index in [0.717, 1.165) is 5.56 Å². The van der Waals surface area contributed by atoms with Gasteiger partial charge in [-0.15, -0.1) is 0 Å². The molecule has 0 aliphatic carbocycles. The quantitative estimate of drug-likeness (QED) is 0.632. The van der Waals surface area contributed by atoms with Crippen molar-refractivity contribution in [3.8, 4) is 0 Å². The Labute approximate surface area is 108 Å². The number of ether oxygens (including phenoxy) is 1. The van der Waals surface area contributed by atoms with Crippen molar-refractivity contribution in [1.82, 2.24) is 0 Å². The molecular formula is C14H11BrO2. The molecule has 0 bridgehead atoms. The molecule has 86 valence electrons. The average molecular weight is 291 g/mol. The van der Waals surface area contributed by atoms with Gasteiger partial charge in [0, 0.05) is 5.56 Å². The highest BCUT2D eigenvalue weighted by Crippen LogP contribution is 2.24.